The minimum absolute atomic E-state index is 0.0564. The van der Waals surface area contributed by atoms with Crippen molar-refractivity contribution in [2.24, 2.45) is 0 Å². The fourth-order valence-corrected chi connectivity index (χ4v) is 3.09. The van der Waals surface area contributed by atoms with Crippen molar-refractivity contribution in [1.82, 2.24) is 19.8 Å². The molecule has 0 unspecified atom stereocenters. The Morgan fingerprint density at radius 1 is 1.27 bits per heavy atom. The lowest BCUT2D eigenvalue weighted by atomic mass is 10.2. The molecule has 1 aliphatic heterocycles. The van der Waals surface area contributed by atoms with Gasteiger partial charge in [0, 0.05) is 38.2 Å². The van der Waals surface area contributed by atoms with E-state index in [0.29, 0.717) is 29.9 Å². The van der Waals surface area contributed by atoms with Gasteiger partial charge in [0.25, 0.3) is 5.56 Å². The monoisotopic (exact) mass is 362 g/mol. The molecule has 2 aromatic heterocycles. The number of carbonyl (C=O) groups excluding carboxylic acids is 1. The first kappa shape index (κ1) is 18.6. The van der Waals surface area contributed by atoms with Crippen LogP contribution in [-0.4, -0.2) is 59.8 Å². The molecule has 8 heteroatoms. The molecule has 0 spiro atoms. The number of aromatic nitrogens is 2. The van der Waals surface area contributed by atoms with Gasteiger partial charge in [-0.2, -0.15) is 0 Å². The second-order valence-corrected chi connectivity index (χ2v) is 6.61. The molecule has 0 atom stereocenters. The molecule has 26 heavy (non-hydrogen) atoms. The first-order valence-electron chi connectivity index (χ1n) is 9.08. The highest BCUT2D eigenvalue weighted by Gasteiger charge is 2.14. The zero-order valence-corrected chi connectivity index (χ0v) is 15.4. The number of aryl methyl sites for hydroxylation is 3. The zero-order chi connectivity index (χ0) is 18.5. The van der Waals surface area contributed by atoms with Crippen LogP contribution in [-0.2, 0) is 16.1 Å². The predicted molar refractivity (Wildman–Crippen MR) is 97.2 cm³/mol. The number of hydrogen-bond acceptors (Lipinski definition) is 6. The van der Waals surface area contributed by atoms with Crippen molar-refractivity contribution in [3.63, 3.8) is 0 Å². The molecular formula is C18H26N4O4. The summed E-state index contributed by atoms with van der Waals surface area (Å²) < 4.78 is 12.2. The number of ether oxygens (including phenoxy) is 1. The van der Waals surface area contributed by atoms with Gasteiger partial charge in [0.1, 0.15) is 17.5 Å². The lowest BCUT2D eigenvalue weighted by Crippen LogP contribution is -2.38. The van der Waals surface area contributed by atoms with Crippen molar-refractivity contribution in [2.45, 2.75) is 33.2 Å². The van der Waals surface area contributed by atoms with Gasteiger partial charge in [-0.05, 0) is 26.8 Å². The van der Waals surface area contributed by atoms with Gasteiger partial charge in [0.2, 0.25) is 11.6 Å². The number of carbonyl (C=O) groups is 1. The average Bonchev–Trinajstić information content (AvgIpc) is 2.94. The van der Waals surface area contributed by atoms with Crippen LogP contribution >= 0.6 is 0 Å². The number of fused-ring (bicyclic) bond motifs is 1. The number of rotatable bonds is 7. The van der Waals surface area contributed by atoms with E-state index in [1.54, 1.807) is 0 Å². The molecule has 2 aromatic rings. The largest absolute Gasteiger partial charge is 0.443 e. The Morgan fingerprint density at radius 3 is 2.81 bits per heavy atom. The van der Waals surface area contributed by atoms with Crippen LogP contribution in [0.15, 0.2) is 15.5 Å². The zero-order valence-electron chi connectivity index (χ0n) is 15.4. The molecule has 0 aliphatic carbocycles. The minimum atomic E-state index is -0.163. The Hall–Kier alpha value is -2.19. The van der Waals surface area contributed by atoms with Gasteiger partial charge in [-0.25, -0.2) is 4.98 Å². The molecule has 0 bridgehead atoms. The number of furan rings is 1. The Bertz CT molecular complexity index is 820. The molecule has 3 rings (SSSR count). The average molecular weight is 362 g/mol. The molecule has 0 saturated carbocycles. The third kappa shape index (κ3) is 4.31. The van der Waals surface area contributed by atoms with Gasteiger partial charge >= 0.3 is 0 Å². The number of hydrogen-bond donors (Lipinski definition) is 1. The fourth-order valence-electron chi connectivity index (χ4n) is 3.09. The maximum atomic E-state index is 12.5. The summed E-state index contributed by atoms with van der Waals surface area (Å²) in [4.78, 5) is 31.1. The van der Waals surface area contributed by atoms with Crippen LogP contribution in [0.1, 0.15) is 24.2 Å². The topological polar surface area (TPSA) is 89.6 Å². The van der Waals surface area contributed by atoms with Gasteiger partial charge < -0.3 is 14.5 Å². The number of morpholine rings is 1. The summed E-state index contributed by atoms with van der Waals surface area (Å²) in [5.41, 5.74) is 0.998. The number of amides is 1. The number of nitrogens with zero attached hydrogens (tertiary/aromatic N) is 3. The molecule has 0 aromatic carbocycles. The Kier molecular flexibility index (Phi) is 6.05. The minimum Gasteiger partial charge on any atom is -0.443 e. The van der Waals surface area contributed by atoms with E-state index in [1.165, 1.54) is 10.9 Å². The lowest BCUT2D eigenvalue weighted by Gasteiger charge is -2.26. The van der Waals surface area contributed by atoms with Crippen molar-refractivity contribution in [3.05, 3.63) is 28.0 Å². The highest BCUT2D eigenvalue weighted by Crippen LogP contribution is 2.18. The van der Waals surface area contributed by atoms with Crippen molar-refractivity contribution in [1.29, 1.82) is 0 Å². The maximum absolute atomic E-state index is 12.5. The number of nitrogens with one attached hydrogen (secondary N) is 1. The van der Waals surface area contributed by atoms with Crippen molar-refractivity contribution < 1.29 is 13.9 Å². The third-order valence-corrected chi connectivity index (χ3v) is 4.81. The van der Waals surface area contributed by atoms with E-state index < -0.39 is 0 Å². The highest BCUT2D eigenvalue weighted by molar-refractivity contribution is 5.77. The van der Waals surface area contributed by atoms with E-state index in [4.69, 9.17) is 9.15 Å². The Morgan fingerprint density at radius 2 is 2.04 bits per heavy atom. The molecule has 1 aliphatic rings. The maximum Gasteiger partial charge on any atom is 0.264 e. The summed E-state index contributed by atoms with van der Waals surface area (Å²) in [7, 11) is 0. The first-order chi connectivity index (χ1) is 12.6. The van der Waals surface area contributed by atoms with Crippen LogP contribution in [0.2, 0.25) is 0 Å². The SMILES string of the molecule is Cc1oc2ncn(CCC(=O)NCCCN3CCOCC3)c(=O)c2c1C. The molecule has 1 N–H and O–H groups in total. The fraction of sp³-hybridized carbons (Fsp3) is 0.611. The molecule has 1 fully saturated rings. The second kappa shape index (κ2) is 8.46. The van der Waals surface area contributed by atoms with Gasteiger partial charge in [-0.3, -0.25) is 19.1 Å². The van der Waals surface area contributed by atoms with E-state index >= 15 is 0 Å². The summed E-state index contributed by atoms with van der Waals surface area (Å²) >= 11 is 0. The molecular weight excluding hydrogens is 336 g/mol. The predicted octanol–water partition coefficient (Wildman–Crippen LogP) is 0.835. The summed E-state index contributed by atoms with van der Waals surface area (Å²) in [6.45, 7) is 9.05. The van der Waals surface area contributed by atoms with Crippen molar-refractivity contribution in [3.8, 4) is 0 Å². The highest BCUT2D eigenvalue weighted by atomic mass is 16.5. The lowest BCUT2D eigenvalue weighted by molar-refractivity contribution is -0.121. The summed E-state index contributed by atoms with van der Waals surface area (Å²) in [6, 6.07) is 0. The smallest absolute Gasteiger partial charge is 0.264 e. The van der Waals surface area contributed by atoms with Crippen molar-refractivity contribution >= 4 is 17.0 Å². The van der Waals surface area contributed by atoms with E-state index in [0.717, 1.165) is 44.8 Å². The molecule has 3 heterocycles. The third-order valence-electron chi connectivity index (χ3n) is 4.81. The van der Waals surface area contributed by atoms with E-state index in [1.807, 2.05) is 13.8 Å². The molecule has 1 amide bonds. The molecule has 8 nitrogen and oxygen atoms in total. The standard InChI is InChI=1S/C18H26N4O4/c1-13-14(2)26-17-16(13)18(24)22(12-20-17)7-4-15(23)19-5-3-6-21-8-10-25-11-9-21/h12H,3-11H2,1-2H3,(H,19,23). The van der Waals surface area contributed by atoms with Gasteiger partial charge in [0.15, 0.2) is 0 Å². The summed E-state index contributed by atoms with van der Waals surface area (Å²) in [5.74, 6) is 0.638. The van der Waals surface area contributed by atoms with Crippen LogP contribution in [0, 0.1) is 13.8 Å². The van der Waals surface area contributed by atoms with Crippen LogP contribution in [0.3, 0.4) is 0 Å². The summed E-state index contributed by atoms with van der Waals surface area (Å²) in [5, 5.41) is 3.41. The summed E-state index contributed by atoms with van der Waals surface area (Å²) in [6.07, 6.45) is 2.60. The van der Waals surface area contributed by atoms with Crippen LogP contribution in [0.25, 0.3) is 11.1 Å². The van der Waals surface area contributed by atoms with Gasteiger partial charge in [-0.1, -0.05) is 0 Å². The second-order valence-electron chi connectivity index (χ2n) is 6.61. The van der Waals surface area contributed by atoms with E-state index in [2.05, 4.69) is 15.2 Å². The molecule has 0 radical (unpaired) electrons. The Labute approximate surface area is 152 Å². The molecule has 1 saturated heterocycles. The van der Waals surface area contributed by atoms with Crippen molar-refractivity contribution in [2.75, 3.05) is 39.4 Å². The van der Waals surface area contributed by atoms with Crippen LogP contribution in [0.4, 0.5) is 0 Å². The quantitative estimate of drug-likeness (QED) is 0.734. The van der Waals surface area contributed by atoms with Crippen LogP contribution < -0.4 is 10.9 Å². The van der Waals surface area contributed by atoms with E-state index in [-0.39, 0.29) is 17.9 Å². The first-order valence-corrected chi connectivity index (χ1v) is 9.08. The van der Waals surface area contributed by atoms with Gasteiger partial charge in [-0.15, -0.1) is 0 Å². The molecule has 142 valence electrons. The normalized spacial score (nSPS) is 15.5. The van der Waals surface area contributed by atoms with E-state index in [9.17, 15) is 9.59 Å². The Balaban J connectivity index is 1.45. The van der Waals surface area contributed by atoms with Gasteiger partial charge in [0.05, 0.1) is 13.2 Å². The van der Waals surface area contributed by atoms with Crippen LogP contribution in [0.5, 0.6) is 0 Å².